The highest BCUT2D eigenvalue weighted by Crippen LogP contribution is 2.30. The maximum atomic E-state index is 12.1. The zero-order valence-electron chi connectivity index (χ0n) is 13.7. The first kappa shape index (κ1) is 18.8. The average molecular weight is 367 g/mol. The van der Waals surface area contributed by atoms with Gasteiger partial charge in [-0.15, -0.1) is 0 Å². The van der Waals surface area contributed by atoms with Gasteiger partial charge in [0.15, 0.2) is 0 Å². The first-order valence-corrected chi connectivity index (χ1v) is 8.07. The fraction of sp³-hybridized carbons (Fsp3) is 0.353. The van der Waals surface area contributed by atoms with Gasteiger partial charge in [-0.25, -0.2) is 4.79 Å². The first-order valence-electron chi connectivity index (χ1n) is 7.69. The largest absolute Gasteiger partial charge is 0.548 e. The van der Waals surface area contributed by atoms with E-state index in [0.717, 1.165) is 0 Å². The molecule has 2 N–H and O–H groups in total. The molecule has 7 nitrogen and oxygen atoms in total. The Morgan fingerprint density at radius 1 is 1.40 bits per heavy atom. The van der Waals surface area contributed by atoms with Gasteiger partial charge in [0.25, 0.3) is 0 Å². The van der Waals surface area contributed by atoms with Gasteiger partial charge in [-0.2, -0.15) is 0 Å². The van der Waals surface area contributed by atoms with Crippen LogP contribution in [-0.4, -0.2) is 23.0 Å². The van der Waals surface area contributed by atoms with Crippen LogP contribution in [0.4, 0.5) is 0 Å². The number of aromatic hydroxyl groups is 1. The number of aliphatic carboxylic acids is 1. The molecular weight excluding hydrogens is 350 g/mol. The van der Waals surface area contributed by atoms with Gasteiger partial charge in [-0.05, 0) is 25.0 Å². The van der Waals surface area contributed by atoms with Gasteiger partial charge in [0.2, 0.25) is 5.91 Å². The van der Waals surface area contributed by atoms with Gasteiger partial charge in [-0.1, -0.05) is 24.9 Å². The van der Waals surface area contributed by atoms with Gasteiger partial charge in [0.05, 0.1) is 29.0 Å². The lowest BCUT2D eigenvalue weighted by molar-refractivity contribution is -0.308. The molecule has 0 unspecified atom stereocenters. The Morgan fingerprint density at radius 3 is 2.68 bits per heavy atom. The summed E-state index contributed by atoms with van der Waals surface area (Å²) in [5.41, 5.74) is -0.0151. The van der Waals surface area contributed by atoms with Crippen LogP contribution in [0.3, 0.4) is 0 Å². The van der Waals surface area contributed by atoms with Crippen LogP contribution in [0.2, 0.25) is 5.02 Å². The monoisotopic (exact) mass is 366 g/mol. The second-order valence-corrected chi connectivity index (χ2v) is 6.10. The Morgan fingerprint density at radius 2 is 2.08 bits per heavy atom. The molecule has 25 heavy (non-hydrogen) atoms. The quantitative estimate of drug-likeness (QED) is 0.737. The Balaban J connectivity index is 2.35. The smallest absolute Gasteiger partial charge is 0.340 e. The summed E-state index contributed by atoms with van der Waals surface area (Å²) in [7, 11) is 0. The molecule has 2 rings (SSSR count). The number of rotatable bonds is 6. The number of nitrogens with one attached hydrogen (secondary N) is 1. The molecule has 0 fully saturated rings. The van der Waals surface area contributed by atoms with Crippen molar-refractivity contribution in [2.24, 2.45) is 0 Å². The van der Waals surface area contributed by atoms with E-state index in [2.05, 4.69) is 5.32 Å². The van der Waals surface area contributed by atoms with Crippen LogP contribution in [0.5, 0.6) is 5.75 Å². The minimum Gasteiger partial charge on any atom is -0.548 e. The highest BCUT2D eigenvalue weighted by Gasteiger charge is 2.18. The zero-order chi connectivity index (χ0) is 18.7. The van der Waals surface area contributed by atoms with E-state index in [0.29, 0.717) is 17.4 Å². The average Bonchev–Trinajstić information content (AvgIpc) is 2.53. The molecule has 1 amide bonds. The van der Waals surface area contributed by atoms with Crippen LogP contribution in [-0.2, 0) is 16.0 Å². The maximum Gasteiger partial charge on any atom is 0.340 e. The van der Waals surface area contributed by atoms with Crippen LogP contribution in [0, 0.1) is 6.92 Å². The van der Waals surface area contributed by atoms with Crippen molar-refractivity contribution in [3.8, 4) is 5.75 Å². The molecule has 1 aromatic carbocycles. The van der Waals surface area contributed by atoms with E-state index in [9.17, 15) is 24.6 Å². The van der Waals surface area contributed by atoms with Crippen molar-refractivity contribution >= 4 is 34.4 Å². The first-order chi connectivity index (χ1) is 11.7. The Kier molecular flexibility index (Phi) is 5.69. The van der Waals surface area contributed by atoms with Crippen LogP contribution in [0.25, 0.3) is 11.0 Å². The second kappa shape index (κ2) is 7.57. The Labute approximate surface area is 148 Å². The van der Waals surface area contributed by atoms with Crippen molar-refractivity contribution in [2.45, 2.75) is 39.2 Å². The summed E-state index contributed by atoms with van der Waals surface area (Å²) in [6.45, 7) is 3.40. The number of amides is 1. The lowest BCUT2D eigenvalue weighted by Crippen LogP contribution is -2.48. The number of carbonyl (C=O) groups excluding carboxylic acids is 2. The number of benzene rings is 1. The molecule has 8 heteroatoms. The SMILES string of the molecule is CCC[C@H](NC(=O)Cc1c(C)c2cc(Cl)c(O)cc2oc1=O)C(=O)[O-]. The molecule has 0 aliphatic rings. The number of carboxylic acid groups (broad SMARTS) is 1. The number of phenolic OH excluding ortho intramolecular Hbond substituents is 1. The van der Waals surface area contributed by atoms with Gasteiger partial charge >= 0.3 is 5.63 Å². The normalized spacial score (nSPS) is 12.1. The van der Waals surface area contributed by atoms with Crippen LogP contribution in [0.15, 0.2) is 21.3 Å². The van der Waals surface area contributed by atoms with E-state index in [1.165, 1.54) is 12.1 Å². The van der Waals surface area contributed by atoms with Crippen molar-refractivity contribution in [1.29, 1.82) is 0 Å². The molecule has 1 atom stereocenters. The number of fused-ring (bicyclic) bond motifs is 1. The van der Waals surface area contributed by atoms with Crippen molar-refractivity contribution in [2.75, 3.05) is 0 Å². The molecule has 0 radical (unpaired) electrons. The summed E-state index contributed by atoms with van der Waals surface area (Å²) >= 11 is 5.87. The third-order valence-corrected chi connectivity index (χ3v) is 4.19. The van der Waals surface area contributed by atoms with E-state index in [1.54, 1.807) is 13.8 Å². The maximum absolute atomic E-state index is 12.1. The second-order valence-electron chi connectivity index (χ2n) is 5.70. The van der Waals surface area contributed by atoms with Crippen molar-refractivity contribution in [1.82, 2.24) is 5.32 Å². The molecule has 1 heterocycles. The Bertz CT molecular complexity index is 889. The highest BCUT2D eigenvalue weighted by molar-refractivity contribution is 6.32. The van der Waals surface area contributed by atoms with E-state index in [-0.39, 0.29) is 34.8 Å². The van der Waals surface area contributed by atoms with Gasteiger partial charge in [0, 0.05) is 11.5 Å². The van der Waals surface area contributed by atoms with E-state index in [1.807, 2.05) is 0 Å². The van der Waals surface area contributed by atoms with Gasteiger partial charge < -0.3 is 24.7 Å². The van der Waals surface area contributed by atoms with E-state index in [4.69, 9.17) is 16.0 Å². The molecule has 1 aromatic heterocycles. The van der Waals surface area contributed by atoms with Crippen molar-refractivity contribution < 1.29 is 24.2 Å². The van der Waals surface area contributed by atoms with E-state index < -0.39 is 23.5 Å². The minimum absolute atomic E-state index is 0.0832. The molecule has 0 saturated heterocycles. The number of hydrogen-bond donors (Lipinski definition) is 2. The predicted octanol–water partition coefficient (Wildman–Crippen LogP) is 1.04. The summed E-state index contributed by atoms with van der Waals surface area (Å²) in [5.74, 6) is -2.22. The number of halogens is 1. The van der Waals surface area contributed by atoms with Crippen molar-refractivity contribution in [3.05, 3.63) is 38.7 Å². The summed E-state index contributed by atoms with van der Waals surface area (Å²) in [6, 6.07) is 1.55. The summed E-state index contributed by atoms with van der Waals surface area (Å²) < 4.78 is 5.13. The Hall–Kier alpha value is -2.54. The van der Waals surface area contributed by atoms with Gasteiger partial charge in [0.1, 0.15) is 11.3 Å². The topological polar surface area (TPSA) is 120 Å². The lowest BCUT2D eigenvalue weighted by Gasteiger charge is -2.19. The number of carbonyl (C=O) groups is 2. The summed E-state index contributed by atoms with van der Waals surface area (Å²) in [5, 5.41) is 23.5. The van der Waals surface area contributed by atoms with Gasteiger partial charge in [-0.3, -0.25) is 4.79 Å². The van der Waals surface area contributed by atoms with Crippen LogP contribution in [0.1, 0.15) is 30.9 Å². The molecule has 0 aliphatic heterocycles. The number of phenols is 1. The molecule has 0 saturated carbocycles. The minimum atomic E-state index is -1.38. The summed E-state index contributed by atoms with van der Waals surface area (Å²) in [4.78, 5) is 35.3. The molecule has 0 spiro atoms. The fourth-order valence-electron chi connectivity index (χ4n) is 2.55. The highest BCUT2D eigenvalue weighted by atomic mass is 35.5. The molecule has 134 valence electrons. The number of aryl methyl sites for hydroxylation is 1. The third kappa shape index (κ3) is 4.11. The fourth-order valence-corrected chi connectivity index (χ4v) is 2.71. The molecule has 0 bridgehead atoms. The lowest BCUT2D eigenvalue weighted by atomic mass is 10.0. The van der Waals surface area contributed by atoms with E-state index >= 15 is 0 Å². The molecular formula is C17H17ClNO6-. The number of carboxylic acids is 1. The van der Waals surface area contributed by atoms with Crippen LogP contribution >= 0.6 is 11.6 Å². The molecule has 0 aliphatic carbocycles. The zero-order valence-corrected chi connectivity index (χ0v) is 14.5. The standard InChI is InChI=1S/C17H18ClNO6/c1-3-4-12(16(22)23)19-15(21)6-10-8(2)9-5-11(18)13(20)7-14(9)25-17(10)24/h5,7,12,20H,3-4,6H2,1-2H3,(H,19,21)(H,22,23)/p-1/t12-/m0/s1. The third-order valence-electron chi connectivity index (χ3n) is 3.89. The van der Waals surface area contributed by atoms with Crippen molar-refractivity contribution in [3.63, 3.8) is 0 Å². The number of hydrogen-bond acceptors (Lipinski definition) is 6. The summed E-state index contributed by atoms with van der Waals surface area (Å²) in [6.07, 6.45) is 0.447. The van der Waals surface area contributed by atoms with Crippen LogP contribution < -0.4 is 16.0 Å². The molecule has 2 aromatic rings. The predicted molar refractivity (Wildman–Crippen MR) is 89.4 cm³/mol.